The van der Waals surface area contributed by atoms with Crippen LogP contribution in [0.1, 0.15) is 67.2 Å². The molecular weight excluding hydrogens is 220 g/mol. The second-order valence-electron chi connectivity index (χ2n) is 8.43. The highest BCUT2D eigenvalue weighted by molar-refractivity contribution is 5.19. The molecule has 0 amide bonds. The van der Waals surface area contributed by atoms with Crippen molar-refractivity contribution in [2.45, 2.75) is 79.4 Å². The van der Waals surface area contributed by atoms with E-state index in [-0.39, 0.29) is 0 Å². The van der Waals surface area contributed by atoms with E-state index in [1.54, 1.807) is 0 Å². The number of hydrogen-bond donors (Lipinski definition) is 0. The molecule has 1 nitrogen and oxygen atoms in total. The van der Waals surface area contributed by atoms with Gasteiger partial charge < -0.3 is 4.74 Å². The Morgan fingerprint density at radius 3 is 2.33 bits per heavy atom. The third kappa shape index (κ3) is 1.23. The minimum absolute atomic E-state index is 0.414. The van der Waals surface area contributed by atoms with Crippen LogP contribution in [0.25, 0.3) is 0 Å². The zero-order valence-corrected chi connectivity index (χ0v) is 13.0. The number of hydrogen-bond acceptors (Lipinski definition) is 1. The van der Waals surface area contributed by atoms with Crippen molar-refractivity contribution in [1.82, 2.24) is 0 Å². The first-order valence-electron chi connectivity index (χ1n) is 7.90. The SMILES string of the molecule is CC1CC23C(CCCC2C(C)(C)C(C)C3(C)C)O1. The van der Waals surface area contributed by atoms with Crippen LogP contribution < -0.4 is 0 Å². The van der Waals surface area contributed by atoms with E-state index in [9.17, 15) is 0 Å². The van der Waals surface area contributed by atoms with Crippen LogP contribution in [0, 0.1) is 28.1 Å². The van der Waals surface area contributed by atoms with Gasteiger partial charge in [-0.05, 0) is 48.9 Å². The molecule has 1 aliphatic heterocycles. The lowest BCUT2D eigenvalue weighted by Crippen LogP contribution is -2.48. The molecule has 0 aromatic carbocycles. The van der Waals surface area contributed by atoms with Gasteiger partial charge in [-0.3, -0.25) is 0 Å². The molecule has 0 N–H and O–H groups in total. The molecule has 3 rings (SSSR count). The Morgan fingerprint density at radius 2 is 1.67 bits per heavy atom. The van der Waals surface area contributed by atoms with E-state index in [0.717, 1.165) is 11.8 Å². The summed E-state index contributed by atoms with van der Waals surface area (Å²) in [5.74, 6) is 1.64. The summed E-state index contributed by atoms with van der Waals surface area (Å²) in [4.78, 5) is 0. The van der Waals surface area contributed by atoms with Crippen LogP contribution in [-0.2, 0) is 4.74 Å². The molecule has 2 saturated carbocycles. The molecule has 3 aliphatic rings. The molecule has 104 valence electrons. The normalized spacial score (nSPS) is 53.0. The highest BCUT2D eigenvalue weighted by Crippen LogP contribution is 2.74. The molecule has 0 bridgehead atoms. The second-order valence-corrected chi connectivity index (χ2v) is 8.43. The van der Waals surface area contributed by atoms with E-state index >= 15 is 0 Å². The fourth-order valence-corrected chi connectivity index (χ4v) is 6.31. The van der Waals surface area contributed by atoms with Gasteiger partial charge in [0.2, 0.25) is 0 Å². The highest BCUT2D eigenvalue weighted by atomic mass is 16.5. The van der Waals surface area contributed by atoms with Crippen molar-refractivity contribution in [1.29, 1.82) is 0 Å². The van der Waals surface area contributed by atoms with Gasteiger partial charge in [0, 0.05) is 5.41 Å². The molecule has 1 spiro atoms. The summed E-state index contributed by atoms with van der Waals surface area (Å²) in [5.41, 5.74) is 1.33. The van der Waals surface area contributed by atoms with E-state index in [1.807, 2.05) is 0 Å². The van der Waals surface area contributed by atoms with Crippen molar-refractivity contribution in [2.24, 2.45) is 28.1 Å². The minimum Gasteiger partial charge on any atom is -0.375 e. The van der Waals surface area contributed by atoms with Crippen molar-refractivity contribution in [2.75, 3.05) is 0 Å². The zero-order chi connectivity index (χ0) is 13.3. The molecule has 1 heterocycles. The summed E-state index contributed by atoms with van der Waals surface area (Å²) >= 11 is 0. The van der Waals surface area contributed by atoms with Crippen molar-refractivity contribution in [3.8, 4) is 0 Å². The fourth-order valence-electron chi connectivity index (χ4n) is 6.31. The third-order valence-corrected chi connectivity index (χ3v) is 7.47. The molecule has 5 unspecified atom stereocenters. The first-order chi connectivity index (χ1) is 8.24. The van der Waals surface area contributed by atoms with Gasteiger partial charge in [0.1, 0.15) is 0 Å². The molecule has 5 atom stereocenters. The first kappa shape index (κ1) is 13.0. The summed E-state index contributed by atoms with van der Waals surface area (Å²) in [5, 5.41) is 0. The van der Waals surface area contributed by atoms with Gasteiger partial charge in [-0.15, -0.1) is 0 Å². The van der Waals surface area contributed by atoms with E-state index in [2.05, 4.69) is 41.5 Å². The predicted octanol–water partition coefficient (Wildman–Crippen LogP) is 4.65. The van der Waals surface area contributed by atoms with Gasteiger partial charge in [-0.1, -0.05) is 41.0 Å². The quantitative estimate of drug-likeness (QED) is 0.608. The Bertz CT molecular complexity index is 357. The number of ether oxygens (including phenoxy) is 1. The maximum absolute atomic E-state index is 6.35. The average Bonchev–Trinajstić information content (AvgIpc) is 2.68. The van der Waals surface area contributed by atoms with Crippen LogP contribution >= 0.6 is 0 Å². The van der Waals surface area contributed by atoms with Crippen LogP contribution in [0.2, 0.25) is 0 Å². The largest absolute Gasteiger partial charge is 0.375 e. The van der Waals surface area contributed by atoms with Crippen LogP contribution in [-0.4, -0.2) is 12.2 Å². The van der Waals surface area contributed by atoms with E-state index in [1.165, 1.54) is 25.7 Å². The lowest BCUT2D eigenvalue weighted by atomic mass is 9.54. The Hall–Kier alpha value is -0.0400. The molecule has 0 radical (unpaired) electrons. The smallest absolute Gasteiger partial charge is 0.0644 e. The second kappa shape index (κ2) is 3.53. The van der Waals surface area contributed by atoms with E-state index in [0.29, 0.717) is 28.5 Å². The third-order valence-electron chi connectivity index (χ3n) is 7.47. The zero-order valence-electron chi connectivity index (χ0n) is 13.0. The van der Waals surface area contributed by atoms with E-state index < -0.39 is 0 Å². The van der Waals surface area contributed by atoms with Gasteiger partial charge in [0.25, 0.3) is 0 Å². The van der Waals surface area contributed by atoms with Crippen molar-refractivity contribution in [3.05, 3.63) is 0 Å². The van der Waals surface area contributed by atoms with Gasteiger partial charge in [-0.25, -0.2) is 0 Å². The van der Waals surface area contributed by atoms with Gasteiger partial charge in [-0.2, -0.15) is 0 Å². The Kier molecular flexibility index (Phi) is 2.55. The summed E-state index contributed by atoms with van der Waals surface area (Å²) in [7, 11) is 0. The van der Waals surface area contributed by atoms with Crippen molar-refractivity contribution < 1.29 is 4.74 Å². The van der Waals surface area contributed by atoms with Crippen LogP contribution in [0.15, 0.2) is 0 Å². The molecular formula is C17H30O. The Morgan fingerprint density at radius 1 is 1.00 bits per heavy atom. The predicted molar refractivity (Wildman–Crippen MR) is 75.5 cm³/mol. The molecule has 1 saturated heterocycles. The monoisotopic (exact) mass is 250 g/mol. The Balaban J connectivity index is 2.14. The maximum atomic E-state index is 6.35. The summed E-state index contributed by atoms with van der Waals surface area (Å²) in [6.07, 6.45) is 6.39. The molecule has 1 heteroatoms. The lowest BCUT2D eigenvalue weighted by Gasteiger charge is -2.50. The molecule has 18 heavy (non-hydrogen) atoms. The van der Waals surface area contributed by atoms with Gasteiger partial charge >= 0.3 is 0 Å². The van der Waals surface area contributed by atoms with Crippen LogP contribution in [0.5, 0.6) is 0 Å². The highest BCUT2D eigenvalue weighted by Gasteiger charge is 2.71. The lowest BCUT2D eigenvalue weighted by molar-refractivity contribution is -0.0772. The van der Waals surface area contributed by atoms with Crippen molar-refractivity contribution >= 4 is 0 Å². The Labute approximate surface area is 113 Å². The molecule has 2 aliphatic carbocycles. The fraction of sp³-hybridized carbons (Fsp3) is 1.00. The summed E-state index contributed by atoms with van der Waals surface area (Å²) in [6.45, 7) is 14.9. The molecule has 0 aromatic rings. The maximum Gasteiger partial charge on any atom is 0.0644 e. The average molecular weight is 250 g/mol. The van der Waals surface area contributed by atoms with Crippen LogP contribution in [0.4, 0.5) is 0 Å². The standard InChI is InChI=1S/C17H30O/c1-11-10-17-13(8-7-9-14(17)18-11)15(3,4)12(2)16(17,5)6/h11-14H,7-10H2,1-6H3. The topological polar surface area (TPSA) is 9.23 Å². The van der Waals surface area contributed by atoms with Gasteiger partial charge in [0.05, 0.1) is 12.2 Å². The summed E-state index contributed by atoms with van der Waals surface area (Å²) < 4.78 is 6.35. The van der Waals surface area contributed by atoms with Crippen LogP contribution in [0.3, 0.4) is 0 Å². The molecule has 3 fully saturated rings. The number of rotatable bonds is 0. The minimum atomic E-state index is 0.414. The summed E-state index contributed by atoms with van der Waals surface area (Å²) in [6, 6.07) is 0. The van der Waals surface area contributed by atoms with Crippen molar-refractivity contribution in [3.63, 3.8) is 0 Å². The molecule has 0 aromatic heterocycles. The van der Waals surface area contributed by atoms with Gasteiger partial charge in [0.15, 0.2) is 0 Å². The van der Waals surface area contributed by atoms with E-state index in [4.69, 9.17) is 4.74 Å². The first-order valence-corrected chi connectivity index (χ1v) is 7.90.